The van der Waals surface area contributed by atoms with Crippen molar-refractivity contribution in [3.63, 3.8) is 0 Å². The summed E-state index contributed by atoms with van der Waals surface area (Å²) in [5.74, 6) is 1.74. The highest BCUT2D eigenvalue weighted by molar-refractivity contribution is 7.10. The summed E-state index contributed by atoms with van der Waals surface area (Å²) in [7, 11) is 0. The first-order valence-corrected chi connectivity index (χ1v) is 9.20. The number of rotatable bonds is 3. The van der Waals surface area contributed by atoms with Crippen LogP contribution in [-0.2, 0) is 0 Å². The molecule has 1 N–H and O–H groups in total. The van der Waals surface area contributed by atoms with Gasteiger partial charge in [0, 0.05) is 30.2 Å². The molecule has 0 aliphatic carbocycles. The Hall–Kier alpha value is -2.52. The number of nitrogens with zero attached hydrogens (tertiary/aromatic N) is 5. The van der Waals surface area contributed by atoms with Crippen molar-refractivity contribution in [2.75, 3.05) is 18.4 Å². The zero-order valence-corrected chi connectivity index (χ0v) is 15.4. The molecule has 1 aliphatic rings. The van der Waals surface area contributed by atoms with Crippen LogP contribution in [0.15, 0.2) is 28.8 Å². The third-order valence-corrected chi connectivity index (χ3v) is 5.08. The fraction of sp³-hybridized carbons (Fsp3) is 0.312. The molecule has 134 valence electrons. The quantitative estimate of drug-likeness (QED) is 0.734. The predicted molar refractivity (Wildman–Crippen MR) is 97.3 cm³/mol. The SMILES string of the molecule is Cc1noc(C2CCN(C(=O)Nc3nc(-c4ccccc4Cl)ns3)C2)n1. The van der Waals surface area contributed by atoms with Gasteiger partial charge in [-0.2, -0.15) is 14.3 Å². The second-order valence-electron chi connectivity index (χ2n) is 5.94. The second-order valence-corrected chi connectivity index (χ2v) is 7.10. The van der Waals surface area contributed by atoms with Crippen LogP contribution in [0.25, 0.3) is 11.4 Å². The minimum absolute atomic E-state index is 0.0649. The Morgan fingerprint density at radius 1 is 1.38 bits per heavy atom. The van der Waals surface area contributed by atoms with Gasteiger partial charge in [-0.1, -0.05) is 28.9 Å². The van der Waals surface area contributed by atoms with Crippen LogP contribution in [0.5, 0.6) is 0 Å². The van der Waals surface area contributed by atoms with Gasteiger partial charge < -0.3 is 9.42 Å². The number of nitrogens with one attached hydrogen (secondary N) is 1. The van der Waals surface area contributed by atoms with Gasteiger partial charge in [-0.25, -0.2) is 4.79 Å². The number of hydrogen-bond acceptors (Lipinski definition) is 7. The lowest BCUT2D eigenvalue weighted by atomic mass is 10.1. The van der Waals surface area contributed by atoms with Crippen molar-refractivity contribution < 1.29 is 9.32 Å². The van der Waals surface area contributed by atoms with Gasteiger partial charge in [0.05, 0.1) is 10.9 Å². The molecule has 1 fully saturated rings. The average Bonchev–Trinajstić information content (AvgIpc) is 3.35. The number of urea groups is 1. The molecule has 1 aromatic carbocycles. The largest absolute Gasteiger partial charge is 0.339 e. The Labute approximate surface area is 158 Å². The number of aryl methyl sites for hydroxylation is 1. The van der Waals surface area contributed by atoms with Crippen molar-refractivity contribution >= 4 is 34.3 Å². The van der Waals surface area contributed by atoms with Gasteiger partial charge in [-0.15, -0.1) is 0 Å². The first-order valence-electron chi connectivity index (χ1n) is 8.05. The predicted octanol–water partition coefficient (Wildman–Crippen LogP) is 3.57. The molecule has 3 aromatic rings. The van der Waals surface area contributed by atoms with E-state index in [9.17, 15) is 4.79 Å². The summed E-state index contributed by atoms with van der Waals surface area (Å²) in [6.45, 7) is 2.93. The smallest absolute Gasteiger partial charge is 0.323 e. The summed E-state index contributed by atoms with van der Waals surface area (Å²) in [5, 5.41) is 7.60. The van der Waals surface area contributed by atoms with Gasteiger partial charge in [-0.05, 0) is 25.5 Å². The summed E-state index contributed by atoms with van der Waals surface area (Å²) in [5.41, 5.74) is 0.735. The van der Waals surface area contributed by atoms with Crippen molar-refractivity contribution in [3.05, 3.63) is 41.0 Å². The highest BCUT2D eigenvalue weighted by atomic mass is 35.5. The Balaban J connectivity index is 1.41. The van der Waals surface area contributed by atoms with E-state index in [1.165, 1.54) is 0 Å². The van der Waals surface area contributed by atoms with Crippen LogP contribution in [0.3, 0.4) is 0 Å². The molecule has 8 nitrogen and oxygen atoms in total. The molecule has 0 saturated carbocycles. The minimum atomic E-state index is -0.217. The number of amides is 2. The summed E-state index contributed by atoms with van der Waals surface area (Å²) < 4.78 is 9.48. The molecular weight excluding hydrogens is 376 g/mol. The zero-order chi connectivity index (χ0) is 18.1. The van der Waals surface area contributed by atoms with E-state index in [4.69, 9.17) is 16.1 Å². The van der Waals surface area contributed by atoms with Crippen molar-refractivity contribution in [3.8, 4) is 11.4 Å². The van der Waals surface area contributed by atoms with E-state index >= 15 is 0 Å². The molecule has 1 saturated heterocycles. The van der Waals surface area contributed by atoms with Gasteiger partial charge in [0.2, 0.25) is 11.0 Å². The van der Waals surface area contributed by atoms with Crippen LogP contribution in [0.1, 0.15) is 24.1 Å². The normalized spacial score (nSPS) is 16.8. The maximum absolute atomic E-state index is 12.5. The number of likely N-dealkylation sites (tertiary alicyclic amines) is 1. The molecule has 4 rings (SSSR count). The summed E-state index contributed by atoms with van der Waals surface area (Å²) in [6, 6.07) is 7.11. The van der Waals surface area contributed by atoms with Crippen molar-refractivity contribution in [2.24, 2.45) is 0 Å². The monoisotopic (exact) mass is 390 g/mol. The van der Waals surface area contributed by atoms with Gasteiger partial charge >= 0.3 is 6.03 Å². The molecule has 3 heterocycles. The van der Waals surface area contributed by atoms with E-state index in [-0.39, 0.29) is 11.9 Å². The van der Waals surface area contributed by atoms with Crippen LogP contribution < -0.4 is 5.32 Å². The molecule has 10 heteroatoms. The van der Waals surface area contributed by atoms with Crippen LogP contribution >= 0.6 is 23.1 Å². The third-order valence-electron chi connectivity index (χ3n) is 4.12. The number of anilines is 1. The maximum Gasteiger partial charge on any atom is 0.323 e. The average molecular weight is 391 g/mol. The number of halogens is 1. The summed E-state index contributed by atoms with van der Waals surface area (Å²) in [6.07, 6.45) is 0.788. The van der Waals surface area contributed by atoms with Crippen LogP contribution in [0.4, 0.5) is 9.93 Å². The Kier molecular flexibility index (Phi) is 4.56. The van der Waals surface area contributed by atoms with Crippen molar-refractivity contribution in [1.82, 2.24) is 24.4 Å². The number of carbonyl (C=O) groups excluding carboxylic acids is 1. The number of aromatic nitrogens is 4. The molecule has 0 radical (unpaired) electrons. The van der Waals surface area contributed by atoms with Gasteiger partial charge in [0.1, 0.15) is 0 Å². The fourth-order valence-corrected chi connectivity index (χ4v) is 3.61. The molecule has 1 aliphatic heterocycles. The van der Waals surface area contributed by atoms with Crippen LogP contribution in [0, 0.1) is 6.92 Å². The van der Waals surface area contributed by atoms with Crippen LogP contribution in [-0.4, -0.2) is 43.5 Å². The lowest BCUT2D eigenvalue weighted by molar-refractivity contribution is 0.221. The van der Waals surface area contributed by atoms with Crippen molar-refractivity contribution in [1.29, 1.82) is 0 Å². The van der Waals surface area contributed by atoms with E-state index in [0.717, 1.165) is 23.5 Å². The van der Waals surface area contributed by atoms with E-state index < -0.39 is 0 Å². The van der Waals surface area contributed by atoms with E-state index in [1.54, 1.807) is 17.9 Å². The fourth-order valence-electron chi connectivity index (χ4n) is 2.82. The summed E-state index contributed by atoms with van der Waals surface area (Å²) >= 11 is 7.28. The Morgan fingerprint density at radius 3 is 3.00 bits per heavy atom. The van der Waals surface area contributed by atoms with Gasteiger partial charge in [0.15, 0.2) is 11.6 Å². The first-order chi connectivity index (χ1) is 12.6. The van der Waals surface area contributed by atoms with Crippen LogP contribution in [0.2, 0.25) is 5.02 Å². The molecule has 0 spiro atoms. The lowest BCUT2D eigenvalue weighted by Gasteiger charge is -2.15. The second kappa shape index (κ2) is 7.00. The lowest BCUT2D eigenvalue weighted by Crippen LogP contribution is -2.32. The molecule has 26 heavy (non-hydrogen) atoms. The van der Waals surface area contributed by atoms with Gasteiger partial charge in [0.25, 0.3) is 0 Å². The minimum Gasteiger partial charge on any atom is -0.339 e. The third kappa shape index (κ3) is 3.40. The standard InChI is InChI=1S/C16H15ClN6O2S/c1-9-18-14(25-21-9)10-6-7-23(8-10)16(24)20-15-19-13(22-26-15)11-4-2-3-5-12(11)17/h2-5,10H,6-8H2,1H3,(H,19,20,22,24). The Bertz CT molecular complexity index is 942. The molecule has 0 bridgehead atoms. The molecule has 2 amide bonds. The number of hydrogen-bond donors (Lipinski definition) is 1. The topological polar surface area (TPSA) is 97.0 Å². The first kappa shape index (κ1) is 16.9. The molecular formula is C16H15ClN6O2S. The Morgan fingerprint density at radius 2 is 2.23 bits per heavy atom. The van der Waals surface area contributed by atoms with E-state index in [0.29, 0.717) is 40.8 Å². The zero-order valence-electron chi connectivity index (χ0n) is 13.8. The van der Waals surface area contributed by atoms with E-state index in [1.807, 2.05) is 18.2 Å². The van der Waals surface area contributed by atoms with Gasteiger partial charge in [-0.3, -0.25) is 5.32 Å². The molecule has 1 atom stereocenters. The molecule has 2 aromatic heterocycles. The van der Waals surface area contributed by atoms with Crippen molar-refractivity contribution in [2.45, 2.75) is 19.3 Å². The summed E-state index contributed by atoms with van der Waals surface area (Å²) in [4.78, 5) is 22.8. The maximum atomic E-state index is 12.5. The highest BCUT2D eigenvalue weighted by Crippen LogP contribution is 2.29. The number of benzene rings is 1. The van der Waals surface area contributed by atoms with E-state index in [2.05, 4.69) is 24.8 Å². The molecule has 1 unspecified atom stereocenters. The number of carbonyl (C=O) groups is 1. The highest BCUT2D eigenvalue weighted by Gasteiger charge is 2.31.